The van der Waals surface area contributed by atoms with Gasteiger partial charge in [0, 0.05) is 12.6 Å². The highest BCUT2D eigenvalue weighted by molar-refractivity contribution is 8.01. The number of fused-ring (bicyclic) bond motifs is 3. The summed E-state index contributed by atoms with van der Waals surface area (Å²) in [5.41, 5.74) is 1.39. The van der Waals surface area contributed by atoms with Crippen molar-refractivity contribution in [1.82, 2.24) is 9.88 Å². The summed E-state index contributed by atoms with van der Waals surface area (Å²) in [6.45, 7) is 7.45. The van der Waals surface area contributed by atoms with Crippen LogP contribution in [-0.4, -0.2) is 46.7 Å². The molecule has 1 aliphatic heterocycles. The molecule has 1 aromatic carbocycles. The van der Waals surface area contributed by atoms with Gasteiger partial charge in [-0.15, -0.1) is 11.3 Å². The molecule has 150 valence electrons. The van der Waals surface area contributed by atoms with Gasteiger partial charge in [0.25, 0.3) is 5.91 Å². The highest BCUT2D eigenvalue weighted by Gasteiger charge is 2.50. The first-order valence-electron chi connectivity index (χ1n) is 9.67. The molecule has 0 unspecified atom stereocenters. The van der Waals surface area contributed by atoms with Gasteiger partial charge in [-0.2, -0.15) is 0 Å². The number of aromatic nitrogens is 1. The lowest BCUT2D eigenvalue weighted by Gasteiger charge is -2.39. The van der Waals surface area contributed by atoms with Crippen molar-refractivity contribution in [2.75, 3.05) is 18.9 Å². The number of carbonyl (C=O) groups is 2. The summed E-state index contributed by atoms with van der Waals surface area (Å²) in [7, 11) is 0. The lowest BCUT2D eigenvalue weighted by atomic mass is 9.65. The SMILES string of the molecule is CC1(C)C[C@@H]2C[C@@](C)(CN2C(=O)COC(=O)CSc2nc3ccccc3s2)C1. The molecule has 2 heterocycles. The van der Waals surface area contributed by atoms with Crippen LogP contribution >= 0.6 is 23.1 Å². The lowest BCUT2D eigenvalue weighted by molar-refractivity contribution is -0.150. The molecule has 1 aromatic heterocycles. The quantitative estimate of drug-likeness (QED) is 0.533. The van der Waals surface area contributed by atoms with Crippen molar-refractivity contribution in [3.05, 3.63) is 24.3 Å². The van der Waals surface area contributed by atoms with Crippen LogP contribution in [0, 0.1) is 10.8 Å². The van der Waals surface area contributed by atoms with Crippen LogP contribution in [0.25, 0.3) is 10.2 Å². The highest BCUT2D eigenvalue weighted by Crippen LogP contribution is 2.52. The Labute approximate surface area is 173 Å². The van der Waals surface area contributed by atoms with Crippen molar-refractivity contribution < 1.29 is 14.3 Å². The number of ether oxygens (including phenoxy) is 1. The number of hydrogen-bond donors (Lipinski definition) is 0. The van der Waals surface area contributed by atoms with Crippen molar-refractivity contribution in [1.29, 1.82) is 0 Å². The van der Waals surface area contributed by atoms with Crippen LogP contribution in [0.3, 0.4) is 0 Å². The number of likely N-dealkylation sites (tertiary alicyclic amines) is 1. The van der Waals surface area contributed by atoms with Gasteiger partial charge in [-0.1, -0.05) is 44.7 Å². The summed E-state index contributed by atoms with van der Waals surface area (Å²) in [6, 6.07) is 8.18. The Hall–Kier alpha value is -1.60. The van der Waals surface area contributed by atoms with Gasteiger partial charge in [-0.05, 0) is 42.2 Å². The largest absolute Gasteiger partial charge is 0.455 e. The molecule has 28 heavy (non-hydrogen) atoms. The maximum Gasteiger partial charge on any atom is 0.316 e. The normalized spacial score (nSPS) is 25.8. The highest BCUT2D eigenvalue weighted by atomic mass is 32.2. The Kier molecular flexibility index (Phi) is 5.16. The van der Waals surface area contributed by atoms with Gasteiger partial charge in [-0.25, -0.2) is 4.98 Å². The van der Waals surface area contributed by atoms with E-state index < -0.39 is 0 Å². The molecule has 1 aliphatic carbocycles. The maximum absolute atomic E-state index is 12.7. The Bertz CT molecular complexity index is 877. The Morgan fingerprint density at radius 1 is 1.29 bits per heavy atom. The minimum Gasteiger partial charge on any atom is -0.455 e. The summed E-state index contributed by atoms with van der Waals surface area (Å²) < 4.78 is 7.21. The van der Waals surface area contributed by atoms with Gasteiger partial charge in [0.15, 0.2) is 10.9 Å². The molecular weight excluding hydrogens is 392 g/mol. The summed E-state index contributed by atoms with van der Waals surface area (Å²) in [6.07, 6.45) is 3.22. The zero-order valence-corrected chi connectivity index (χ0v) is 18.2. The third-order valence-corrected chi connectivity index (χ3v) is 7.83. The van der Waals surface area contributed by atoms with Crippen molar-refractivity contribution in [2.24, 2.45) is 10.8 Å². The van der Waals surface area contributed by atoms with Crippen LogP contribution in [0.4, 0.5) is 0 Å². The number of para-hydroxylation sites is 1. The third-order valence-electron chi connectivity index (χ3n) is 5.68. The molecule has 2 fully saturated rings. The van der Waals surface area contributed by atoms with E-state index in [9.17, 15) is 9.59 Å². The number of nitrogens with zero attached hydrogens (tertiary/aromatic N) is 2. The Morgan fingerprint density at radius 3 is 2.86 bits per heavy atom. The molecule has 2 aliphatic rings. The smallest absolute Gasteiger partial charge is 0.316 e. The minimum absolute atomic E-state index is 0.0650. The number of rotatable bonds is 5. The van der Waals surface area contributed by atoms with Crippen molar-refractivity contribution in [3.63, 3.8) is 0 Å². The summed E-state index contributed by atoms with van der Waals surface area (Å²) in [5, 5.41) is 0. The van der Waals surface area contributed by atoms with Crippen LogP contribution in [0.1, 0.15) is 40.0 Å². The topological polar surface area (TPSA) is 59.5 Å². The molecule has 7 heteroatoms. The van der Waals surface area contributed by atoms with E-state index in [0.29, 0.717) is 0 Å². The van der Waals surface area contributed by atoms with E-state index in [4.69, 9.17) is 4.74 Å². The molecule has 0 spiro atoms. The summed E-state index contributed by atoms with van der Waals surface area (Å²) >= 11 is 2.92. The number of thioether (sulfide) groups is 1. The summed E-state index contributed by atoms with van der Waals surface area (Å²) in [5.74, 6) is -0.266. The number of hydrogen-bond acceptors (Lipinski definition) is 6. The van der Waals surface area contributed by atoms with Gasteiger partial charge in [0.05, 0.1) is 16.0 Å². The van der Waals surface area contributed by atoms with Crippen LogP contribution < -0.4 is 0 Å². The van der Waals surface area contributed by atoms with Crippen molar-refractivity contribution >= 4 is 45.2 Å². The fourth-order valence-corrected chi connectivity index (χ4v) is 6.92. The fraction of sp³-hybridized carbons (Fsp3) is 0.571. The van der Waals surface area contributed by atoms with E-state index in [0.717, 1.165) is 40.4 Å². The van der Waals surface area contributed by atoms with Gasteiger partial charge in [0.1, 0.15) is 0 Å². The van der Waals surface area contributed by atoms with E-state index in [1.165, 1.54) is 11.8 Å². The molecule has 4 rings (SSSR count). The van der Waals surface area contributed by atoms with Crippen molar-refractivity contribution in [3.8, 4) is 0 Å². The molecule has 5 nitrogen and oxygen atoms in total. The molecule has 0 radical (unpaired) electrons. The third kappa shape index (κ3) is 4.20. The maximum atomic E-state index is 12.7. The first-order valence-corrected chi connectivity index (χ1v) is 11.5. The van der Waals surface area contributed by atoms with E-state index in [2.05, 4.69) is 25.8 Å². The molecule has 2 aromatic rings. The fourth-order valence-electron chi connectivity index (χ4n) is 5.05. The van der Waals surface area contributed by atoms with Gasteiger partial charge in [-0.3, -0.25) is 9.59 Å². The molecule has 1 amide bonds. The first kappa shape index (κ1) is 19.7. The predicted molar refractivity (Wildman–Crippen MR) is 113 cm³/mol. The zero-order valence-electron chi connectivity index (χ0n) is 16.6. The Morgan fingerprint density at radius 2 is 2.07 bits per heavy atom. The lowest BCUT2D eigenvalue weighted by Crippen LogP contribution is -2.40. The van der Waals surface area contributed by atoms with Crippen molar-refractivity contribution in [2.45, 2.75) is 50.4 Å². The first-order chi connectivity index (χ1) is 13.2. The van der Waals surface area contributed by atoms with Crippen LogP contribution in [0.15, 0.2) is 28.6 Å². The number of thiazole rings is 1. The second-order valence-electron chi connectivity index (χ2n) is 9.13. The van der Waals surface area contributed by atoms with Gasteiger partial charge < -0.3 is 9.64 Å². The second kappa shape index (κ2) is 7.34. The second-order valence-corrected chi connectivity index (χ2v) is 11.4. The summed E-state index contributed by atoms with van der Waals surface area (Å²) in [4.78, 5) is 31.2. The molecule has 1 saturated heterocycles. The average molecular weight is 419 g/mol. The standard InChI is InChI=1S/C21H26N2O3S2/c1-20(2)8-14-9-21(3,12-20)13-23(14)17(24)10-26-18(25)11-27-19-22-15-6-4-5-7-16(15)28-19/h4-7,14H,8-13H2,1-3H3/t14-,21-/m1/s1. The number of esters is 1. The molecule has 1 saturated carbocycles. The van der Waals surface area contributed by atoms with E-state index in [-0.39, 0.29) is 41.1 Å². The van der Waals surface area contributed by atoms with Gasteiger partial charge >= 0.3 is 5.97 Å². The molecule has 2 atom stereocenters. The monoisotopic (exact) mass is 418 g/mol. The van der Waals surface area contributed by atoms with Crippen LogP contribution in [-0.2, 0) is 14.3 Å². The molecule has 0 N–H and O–H groups in total. The molecule has 2 bridgehead atoms. The Balaban J connectivity index is 1.27. The zero-order chi connectivity index (χ0) is 19.9. The predicted octanol–water partition coefficient (Wildman–Crippen LogP) is 4.36. The van der Waals surface area contributed by atoms with E-state index >= 15 is 0 Å². The minimum atomic E-state index is -0.369. The average Bonchev–Trinajstić information content (AvgIpc) is 3.14. The number of carbonyl (C=O) groups excluding carboxylic acids is 2. The van der Waals surface area contributed by atoms with E-state index in [1.54, 1.807) is 11.3 Å². The number of amides is 1. The molecular formula is C21H26N2O3S2. The van der Waals surface area contributed by atoms with Gasteiger partial charge in [0.2, 0.25) is 0 Å². The van der Waals surface area contributed by atoms with Crippen LogP contribution in [0.2, 0.25) is 0 Å². The van der Waals surface area contributed by atoms with E-state index in [1.807, 2.05) is 29.2 Å². The number of benzene rings is 1. The van der Waals surface area contributed by atoms with Crippen LogP contribution in [0.5, 0.6) is 0 Å².